The fraction of sp³-hybridized carbons (Fsp3) is 0.636. The van der Waals surface area contributed by atoms with Crippen LogP contribution in [0, 0.1) is 5.41 Å². The Bertz CT molecular complexity index is 1110. The molecule has 0 aliphatic carbocycles. The Kier molecular flexibility index (Phi) is 5.38. The molecular formula is C22H35N5O2SSi. The van der Waals surface area contributed by atoms with E-state index in [4.69, 9.17) is 8.77 Å². The summed E-state index contributed by atoms with van der Waals surface area (Å²) < 4.78 is 26.0. The van der Waals surface area contributed by atoms with E-state index in [1.807, 2.05) is 18.5 Å². The van der Waals surface area contributed by atoms with Crippen LogP contribution in [0.25, 0.3) is 10.9 Å². The van der Waals surface area contributed by atoms with E-state index in [0.29, 0.717) is 5.88 Å². The molecule has 2 saturated heterocycles. The van der Waals surface area contributed by atoms with Gasteiger partial charge in [-0.1, -0.05) is 20.8 Å². The Labute approximate surface area is 187 Å². The van der Waals surface area contributed by atoms with E-state index in [0.717, 1.165) is 43.5 Å². The van der Waals surface area contributed by atoms with Gasteiger partial charge in [0.1, 0.15) is 5.52 Å². The van der Waals surface area contributed by atoms with Crippen molar-refractivity contribution in [3.8, 4) is 5.88 Å². The summed E-state index contributed by atoms with van der Waals surface area (Å²) >= 11 is 0. The molecule has 2 aliphatic rings. The van der Waals surface area contributed by atoms with Crippen LogP contribution in [0.15, 0.2) is 28.6 Å². The molecule has 9 heteroatoms. The lowest BCUT2D eigenvalue weighted by Crippen LogP contribution is -2.59. The van der Waals surface area contributed by atoms with Crippen molar-refractivity contribution in [1.29, 1.82) is 0 Å². The fourth-order valence-corrected chi connectivity index (χ4v) is 10.4. The average molecular weight is 462 g/mol. The number of nitrogens with zero attached hydrogens (tertiary/aromatic N) is 5. The second kappa shape index (κ2) is 7.42. The second-order valence-corrected chi connectivity index (χ2v) is 18.1. The molecule has 31 heavy (non-hydrogen) atoms. The first-order valence-corrected chi connectivity index (χ1v) is 15.7. The zero-order valence-electron chi connectivity index (χ0n) is 19.8. The highest BCUT2D eigenvalue weighted by Crippen LogP contribution is 2.45. The maximum Gasteiger partial charge on any atom is 0.240 e. The van der Waals surface area contributed by atoms with Gasteiger partial charge >= 0.3 is 0 Å². The van der Waals surface area contributed by atoms with Crippen LogP contribution in [-0.2, 0) is 9.92 Å². The predicted octanol–water partition coefficient (Wildman–Crippen LogP) is 4.17. The number of aromatic nitrogens is 2. The standard InChI is InChI=1S/C22H35N5O2SSi/c1-21(2,3)31(6,7)25-30(5,28)27-15-22(16-27)10-13-26(14-22)18-9-12-23-19-17(18)8-11-24-20(19)29-4/h8-9,11-12H,10,13-16H2,1-7H3. The lowest BCUT2D eigenvalue weighted by atomic mass is 9.81. The van der Waals surface area contributed by atoms with Crippen LogP contribution in [0.3, 0.4) is 0 Å². The van der Waals surface area contributed by atoms with Crippen LogP contribution in [-0.4, -0.2) is 66.3 Å². The zero-order valence-corrected chi connectivity index (χ0v) is 21.6. The highest BCUT2D eigenvalue weighted by atomic mass is 32.2. The first-order valence-electron chi connectivity index (χ1n) is 10.9. The molecule has 1 atom stereocenters. The molecule has 0 aromatic carbocycles. The van der Waals surface area contributed by atoms with E-state index in [9.17, 15) is 4.21 Å². The summed E-state index contributed by atoms with van der Waals surface area (Å²) in [5.74, 6) is 0.557. The number of hydrogen-bond donors (Lipinski definition) is 0. The molecule has 0 N–H and O–H groups in total. The minimum absolute atomic E-state index is 0.0939. The quantitative estimate of drug-likeness (QED) is 0.639. The molecule has 4 rings (SSSR count). The molecule has 4 heterocycles. The maximum absolute atomic E-state index is 13.5. The molecule has 0 saturated carbocycles. The van der Waals surface area contributed by atoms with E-state index in [1.165, 1.54) is 5.69 Å². The normalized spacial score (nSPS) is 21.2. The maximum atomic E-state index is 13.5. The van der Waals surface area contributed by atoms with Crippen LogP contribution in [0.5, 0.6) is 5.88 Å². The van der Waals surface area contributed by atoms with E-state index in [1.54, 1.807) is 13.3 Å². The van der Waals surface area contributed by atoms with Gasteiger partial charge in [-0.2, -0.15) is 0 Å². The summed E-state index contributed by atoms with van der Waals surface area (Å²) in [6.45, 7) is 14.7. The highest BCUT2D eigenvalue weighted by molar-refractivity contribution is 7.91. The van der Waals surface area contributed by atoms with E-state index in [-0.39, 0.29) is 10.5 Å². The van der Waals surface area contributed by atoms with Gasteiger partial charge in [0.25, 0.3) is 0 Å². The van der Waals surface area contributed by atoms with Crippen molar-refractivity contribution in [2.75, 3.05) is 44.4 Å². The number of anilines is 1. The SMILES string of the molecule is COc1nccc2c(N3CCC4(C3)CN(S(C)(=O)=N[Si](C)(C)C(C)(C)C)C4)ccnc12. The van der Waals surface area contributed by atoms with Gasteiger partial charge in [0.2, 0.25) is 5.88 Å². The third-order valence-corrected chi connectivity index (χ3v) is 15.4. The second-order valence-electron chi connectivity index (χ2n) is 10.7. The molecule has 170 valence electrons. The smallest absolute Gasteiger partial charge is 0.240 e. The average Bonchev–Trinajstić information content (AvgIpc) is 3.10. The van der Waals surface area contributed by atoms with E-state index in [2.05, 4.69) is 59.1 Å². The van der Waals surface area contributed by atoms with Crippen molar-refractivity contribution in [2.24, 2.45) is 9.44 Å². The molecule has 2 fully saturated rings. The Morgan fingerprint density at radius 2 is 1.84 bits per heavy atom. The summed E-state index contributed by atoms with van der Waals surface area (Å²) in [5.41, 5.74) is 2.15. The van der Waals surface area contributed by atoms with Gasteiger partial charge in [-0.05, 0) is 36.7 Å². The molecule has 1 spiro atoms. The molecule has 7 nitrogen and oxygen atoms in total. The predicted molar refractivity (Wildman–Crippen MR) is 131 cm³/mol. The largest absolute Gasteiger partial charge is 0.479 e. The molecular weight excluding hydrogens is 426 g/mol. The van der Waals surface area contributed by atoms with Gasteiger partial charge in [-0.25, -0.2) is 13.5 Å². The van der Waals surface area contributed by atoms with Gasteiger partial charge in [0.15, 0.2) is 8.24 Å². The van der Waals surface area contributed by atoms with Gasteiger partial charge in [-0.3, -0.25) is 9.01 Å². The first kappa shape index (κ1) is 22.5. The minimum Gasteiger partial charge on any atom is -0.479 e. The summed E-state index contributed by atoms with van der Waals surface area (Å²) in [5, 5.41) is 1.16. The van der Waals surface area contributed by atoms with Gasteiger partial charge in [0, 0.05) is 61.3 Å². The van der Waals surface area contributed by atoms with E-state index >= 15 is 0 Å². The van der Waals surface area contributed by atoms with Crippen LogP contribution in [0.2, 0.25) is 18.1 Å². The van der Waals surface area contributed by atoms with Crippen molar-refractivity contribution < 1.29 is 8.95 Å². The topological polar surface area (TPSA) is 70.9 Å². The fourth-order valence-electron chi connectivity index (χ4n) is 4.42. The summed E-state index contributed by atoms with van der Waals surface area (Å²) in [6, 6.07) is 4.09. The van der Waals surface area contributed by atoms with Gasteiger partial charge < -0.3 is 9.64 Å². The minimum atomic E-state index is -2.34. The van der Waals surface area contributed by atoms with Gasteiger partial charge in [-0.15, -0.1) is 0 Å². The molecule has 0 amide bonds. The Balaban J connectivity index is 1.53. The van der Waals surface area contributed by atoms with Crippen LogP contribution in [0.1, 0.15) is 27.2 Å². The van der Waals surface area contributed by atoms with E-state index < -0.39 is 18.2 Å². The third kappa shape index (κ3) is 3.96. The Morgan fingerprint density at radius 1 is 1.16 bits per heavy atom. The number of fused-ring (bicyclic) bond motifs is 1. The van der Waals surface area contributed by atoms with Gasteiger partial charge in [0.05, 0.1) is 17.0 Å². The van der Waals surface area contributed by atoms with Crippen LogP contribution in [0.4, 0.5) is 5.69 Å². The molecule has 1 unspecified atom stereocenters. The van der Waals surface area contributed by atoms with Crippen LogP contribution >= 0.6 is 0 Å². The molecule has 0 bridgehead atoms. The Hall–Kier alpha value is -1.71. The number of ether oxygens (including phenoxy) is 1. The molecule has 0 radical (unpaired) electrons. The number of rotatable bonds is 4. The highest BCUT2D eigenvalue weighted by Gasteiger charge is 2.51. The number of pyridine rings is 2. The Morgan fingerprint density at radius 3 is 2.48 bits per heavy atom. The third-order valence-electron chi connectivity index (χ3n) is 7.31. The summed E-state index contributed by atoms with van der Waals surface area (Å²) in [4.78, 5) is 11.2. The van der Waals surface area contributed by atoms with Crippen molar-refractivity contribution in [3.05, 3.63) is 24.5 Å². The summed E-state index contributed by atoms with van der Waals surface area (Å²) in [7, 11) is -2.68. The molecule has 2 aliphatic heterocycles. The lowest BCUT2D eigenvalue weighted by Gasteiger charge is -2.48. The van der Waals surface area contributed by atoms with Crippen molar-refractivity contribution in [2.45, 2.75) is 45.3 Å². The van der Waals surface area contributed by atoms with Crippen molar-refractivity contribution in [3.63, 3.8) is 0 Å². The molecule has 2 aromatic rings. The monoisotopic (exact) mass is 461 g/mol. The van der Waals surface area contributed by atoms with Crippen LogP contribution < -0.4 is 9.64 Å². The van der Waals surface area contributed by atoms with Crippen molar-refractivity contribution >= 4 is 34.7 Å². The first-order chi connectivity index (χ1) is 14.4. The number of hydrogen-bond acceptors (Lipinski definition) is 6. The summed E-state index contributed by atoms with van der Waals surface area (Å²) in [6.07, 6.45) is 6.54. The lowest BCUT2D eigenvalue weighted by molar-refractivity contribution is 0.0983. The van der Waals surface area contributed by atoms with Crippen molar-refractivity contribution in [1.82, 2.24) is 14.3 Å². The zero-order chi connectivity index (χ0) is 22.7. The molecule has 2 aromatic heterocycles. The number of methoxy groups -OCH3 is 1.